The highest BCUT2D eigenvalue weighted by Gasteiger charge is 2.61. The molecule has 0 N–H and O–H groups in total. The number of hydrogen-bond acceptors (Lipinski definition) is 7. The summed E-state index contributed by atoms with van der Waals surface area (Å²) in [5.41, 5.74) is -0.387. The molecule has 1 aromatic carbocycles. The van der Waals surface area contributed by atoms with Gasteiger partial charge in [-0.05, 0) is 72.8 Å². The van der Waals surface area contributed by atoms with E-state index < -0.39 is 35.7 Å². The summed E-state index contributed by atoms with van der Waals surface area (Å²) in [5.74, 6) is -1.51. The molecule has 0 spiro atoms. The third kappa shape index (κ3) is 5.71. The van der Waals surface area contributed by atoms with Gasteiger partial charge < -0.3 is 23.5 Å². The Hall–Kier alpha value is -2.16. The van der Waals surface area contributed by atoms with Gasteiger partial charge in [0.25, 0.3) is 0 Å². The van der Waals surface area contributed by atoms with Crippen molar-refractivity contribution in [3.05, 3.63) is 47.5 Å². The molecule has 0 radical (unpaired) electrons. The van der Waals surface area contributed by atoms with E-state index in [-0.39, 0.29) is 37.8 Å². The maximum atomic E-state index is 13.2. The maximum Gasteiger partial charge on any atom is 0.464 e. The van der Waals surface area contributed by atoms with Crippen molar-refractivity contribution in [3.63, 3.8) is 0 Å². The number of carbonyl (C=O) groups excluding carboxylic acids is 2. The number of esters is 2. The number of ether oxygens (including phenoxy) is 3. The highest BCUT2D eigenvalue weighted by atomic mass is 16.7. The SMILES string of the molecule is C/C=C1\CC(C(=O)OCC)(C(=O)OCC)C[C@@H]1[C@H](COCc1ccccc1)B1OC(C)(C)C(C)(C)O1. The van der Waals surface area contributed by atoms with E-state index in [1.54, 1.807) is 13.8 Å². The zero-order valence-corrected chi connectivity index (χ0v) is 22.8. The number of hydrogen-bond donors (Lipinski definition) is 0. The van der Waals surface area contributed by atoms with Crippen LogP contribution >= 0.6 is 0 Å². The Labute approximate surface area is 216 Å². The van der Waals surface area contributed by atoms with E-state index in [2.05, 4.69) is 0 Å². The molecule has 0 aromatic heterocycles. The first-order valence-electron chi connectivity index (χ1n) is 13.0. The van der Waals surface area contributed by atoms with Gasteiger partial charge in [0.05, 0.1) is 31.0 Å². The third-order valence-electron chi connectivity index (χ3n) is 7.81. The summed E-state index contributed by atoms with van der Waals surface area (Å²) in [6.45, 7) is 14.6. The van der Waals surface area contributed by atoms with Crippen LogP contribution in [0.2, 0.25) is 5.82 Å². The Morgan fingerprint density at radius 3 is 2.08 bits per heavy atom. The number of rotatable bonds is 10. The van der Waals surface area contributed by atoms with Gasteiger partial charge in [-0.1, -0.05) is 42.0 Å². The van der Waals surface area contributed by atoms with Gasteiger partial charge in [-0.3, -0.25) is 9.59 Å². The summed E-state index contributed by atoms with van der Waals surface area (Å²) >= 11 is 0. The quantitative estimate of drug-likeness (QED) is 0.191. The molecule has 7 nitrogen and oxygen atoms in total. The topological polar surface area (TPSA) is 80.3 Å². The van der Waals surface area contributed by atoms with Gasteiger partial charge in [0, 0.05) is 12.4 Å². The first-order chi connectivity index (χ1) is 17.0. The summed E-state index contributed by atoms with van der Waals surface area (Å²) in [6.07, 6.45) is 2.49. The zero-order chi connectivity index (χ0) is 26.6. The standard InChI is InChI=1S/C28H41BO7/c1-8-21-16-28(24(30)33-9-2,25(31)34-10-3)17-22(21)23(19-32-18-20-14-12-11-13-15-20)29-35-26(4,5)27(6,7)36-29/h8,11-15,22-23H,9-10,16-19H2,1-7H3/b21-8+/t22-,23-/m0/s1. The summed E-state index contributed by atoms with van der Waals surface area (Å²) in [5, 5.41) is 0. The predicted octanol–water partition coefficient (Wildman–Crippen LogP) is 5.13. The van der Waals surface area contributed by atoms with Crippen LogP contribution in [0.1, 0.15) is 66.9 Å². The fourth-order valence-corrected chi connectivity index (χ4v) is 5.07. The molecule has 36 heavy (non-hydrogen) atoms. The van der Waals surface area contributed by atoms with Gasteiger partial charge >= 0.3 is 19.1 Å². The third-order valence-corrected chi connectivity index (χ3v) is 7.81. The largest absolute Gasteiger partial charge is 0.465 e. The van der Waals surface area contributed by atoms with Crippen LogP contribution in [0.4, 0.5) is 0 Å². The molecule has 2 fully saturated rings. The van der Waals surface area contributed by atoms with E-state index in [0.29, 0.717) is 13.2 Å². The van der Waals surface area contributed by atoms with Crippen molar-refractivity contribution in [2.24, 2.45) is 11.3 Å². The lowest BCUT2D eigenvalue weighted by Gasteiger charge is -2.32. The fourth-order valence-electron chi connectivity index (χ4n) is 5.07. The lowest BCUT2D eigenvalue weighted by molar-refractivity contribution is -0.171. The van der Waals surface area contributed by atoms with Crippen LogP contribution in [0, 0.1) is 11.3 Å². The smallest absolute Gasteiger partial charge is 0.464 e. The minimum absolute atomic E-state index is 0.186. The molecule has 0 unspecified atom stereocenters. The number of allylic oxidation sites excluding steroid dienone is 2. The molecule has 2 atom stereocenters. The zero-order valence-electron chi connectivity index (χ0n) is 22.8. The van der Waals surface area contributed by atoms with Crippen molar-refractivity contribution in [3.8, 4) is 0 Å². The highest BCUT2D eigenvalue weighted by Crippen LogP contribution is 2.54. The molecule has 2 aliphatic rings. The summed E-state index contributed by atoms with van der Waals surface area (Å²) in [7, 11) is -0.564. The van der Waals surface area contributed by atoms with Gasteiger partial charge in [-0.15, -0.1) is 0 Å². The average Bonchev–Trinajstić information content (AvgIpc) is 3.32. The second-order valence-corrected chi connectivity index (χ2v) is 10.7. The van der Waals surface area contributed by atoms with Crippen molar-refractivity contribution in [2.45, 2.75) is 84.9 Å². The van der Waals surface area contributed by atoms with E-state index in [1.165, 1.54) is 0 Å². The van der Waals surface area contributed by atoms with E-state index >= 15 is 0 Å². The van der Waals surface area contributed by atoms with Gasteiger partial charge in [-0.2, -0.15) is 0 Å². The molecule has 1 aliphatic carbocycles. The molecule has 198 valence electrons. The van der Waals surface area contributed by atoms with Gasteiger partial charge in [-0.25, -0.2) is 0 Å². The lowest BCUT2D eigenvalue weighted by Crippen LogP contribution is -2.41. The van der Waals surface area contributed by atoms with Crippen LogP contribution in [-0.2, 0) is 39.7 Å². The average molecular weight is 500 g/mol. The molecule has 1 saturated carbocycles. The minimum Gasteiger partial charge on any atom is -0.465 e. The Balaban J connectivity index is 1.93. The Bertz CT molecular complexity index is 906. The Morgan fingerprint density at radius 2 is 1.58 bits per heavy atom. The van der Waals surface area contributed by atoms with Gasteiger partial charge in [0.2, 0.25) is 0 Å². The molecule has 1 aromatic rings. The lowest BCUT2D eigenvalue weighted by atomic mass is 9.63. The first kappa shape index (κ1) is 28.4. The molecule has 0 bridgehead atoms. The molecule has 1 aliphatic heterocycles. The Kier molecular flexibility index (Phi) is 9.07. The van der Waals surface area contributed by atoms with Crippen LogP contribution in [0.5, 0.6) is 0 Å². The van der Waals surface area contributed by atoms with E-state index in [1.807, 2.05) is 71.0 Å². The predicted molar refractivity (Wildman–Crippen MR) is 138 cm³/mol. The first-order valence-corrected chi connectivity index (χ1v) is 13.0. The van der Waals surface area contributed by atoms with Crippen molar-refractivity contribution in [1.29, 1.82) is 0 Å². The van der Waals surface area contributed by atoms with E-state index in [9.17, 15) is 9.59 Å². The van der Waals surface area contributed by atoms with E-state index in [0.717, 1.165) is 11.1 Å². The Morgan fingerprint density at radius 1 is 1.03 bits per heavy atom. The number of benzene rings is 1. The molecule has 1 saturated heterocycles. The summed E-state index contributed by atoms with van der Waals surface area (Å²) in [4.78, 5) is 26.4. The highest BCUT2D eigenvalue weighted by molar-refractivity contribution is 6.47. The minimum atomic E-state index is -1.39. The van der Waals surface area contributed by atoms with Crippen molar-refractivity contribution in [2.75, 3.05) is 19.8 Å². The van der Waals surface area contributed by atoms with E-state index in [4.69, 9.17) is 23.5 Å². The molecular formula is C28H41BO7. The molecule has 0 amide bonds. The molecule has 8 heteroatoms. The normalized spacial score (nSPS) is 24.0. The second-order valence-electron chi connectivity index (χ2n) is 10.7. The monoisotopic (exact) mass is 500 g/mol. The van der Waals surface area contributed by atoms with Crippen LogP contribution in [0.3, 0.4) is 0 Å². The van der Waals surface area contributed by atoms with Crippen molar-refractivity contribution in [1.82, 2.24) is 0 Å². The molecule has 1 heterocycles. The van der Waals surface area contributed by atoms with Crippen molar-refractivity contribution >= 4 is 19.1 Å². The fraction of sp³-hybridized carbons (Fsp3) is 0.643. The van der Waals surface area contributed by atoms with Crippen LogP contribution in [-0.4, -0.2) is 50.1 Å². The van der Waals surface area contributed by atoms with Gasteiger partial charge in [0.1, 0.15) is 0 Å². The molecule has 3 rings (SSSR count). The number of carbonyl (C=O) groups is 2. The van der Waals surface area contributed by atoms with Crippen LogP contribution in [0.15, 0.2) is 42.0 Å². The summed E-state index contributed by atoms with van der Waals surface area (Å²) in [6, 6.07) is 9.96. The van der Waals surface area contributed by atoms with Crippen LogP contribution < -0.4 is 0 Å². The maximum absolute atomic E-state index is 13.2. The second kappa shape index (κ2) is 11.5. The van der Waals surface area contributed by atoms with Crippen LogP contribution in [0.25, 0.3) is 0 Å². The molecular weight excluding hydrogens is 459 g/mol. The van der Waals surface area contributed by atoms with Crippen molar-refractivity contribution < 1.29 is 33.1 Å². The van der Waals surface area contributed by atoms with Gasteiger partial charge in [0.15, 0.2) is 5.41 Å². The summed E-state index contributed by atoms with van der Waals surface area (Å²) < 4.78 is 29.9.